The number of benzene rings is 1. The van der Waals surface area contributed by atoms with Crippen LogP contribution in [0, 0.1) is 0 Å². The van der Waals surface area contributed by atoms with Gasteiger partial charge in [0.2, 0.25) is 0 Å². The van der Waals surface area contributed by atoms with Gasteiger partial charge in [0.15, 0.2) is 11.5 Å². The van der Waals surface area contributed by atoms with E-state index in [0.717, 1.165) is 5.56 Å². The van der Waals surface area contributed by atoms with Crippen molar-refractivity contribution >= 4 is 13.7 Å². The quantitative estimate of drug-likeness (QED) is 0.733. The van der Waals surface area contributed by atoms with Crippen molar-refractivity contribution in [3.63, 3.8) is 0 Å². The normalized spacial score (nSPS) is 11.8. The van der Waals surface area contributed by atoms with Crippen LogP contribution in [0.5, 0.6) is 11.5 Å². The molecule has 0 saturated heterocycles. The van der Waals surface area contributed by atoms with Gasteiger partial charge in [-0.25, -0.2) is 0 Å². The van der Waals surface area contributed by atoms with Crippen LogP contribution in [0.15, 0.2) is 24.3 Å². The molecule has 94 valence electrons. The number of hydrogen-bond acceptors (Lipinski definition) is 5. The first-order valence-electron chi connectivity index (χ1n) is 4.91. The zero-order valence-corrected chi connectivity index (χ0v) is 10.5. The molecule has 0 aliphatic rings. The monoisotopic (exact) mass is 256 g/mol. The Morgan fingerprint density at radius 1 is 1.35 bits per heavy atom. The molecule has 1 aromatic rings. The van der Waals surface area contributed by atoms with Crippen LogP contribution in [0.2, 0.25) is 0 Å². The summed E-state index contributed by atoms with van der Waals surface area (Å²) in [6, 6.07) is 4.98. The van der Waals surface area contributed by atoms with Gasteiger partial charge in [-0.15, -0.1) is 0 Å². The molecule has 0 aromatic heterocycles. The summed E-state index contributed by atoms with van der Waals surface area (Å²) < 4.78 is 20.4. The van der Waals surface area contributed by atoms with Gasteiger partial charge < -0.3 is 23.8 Å². The molecule has 0 fully saturated rings. The Morgan fingerprint density at radius 2 is 2.06 bits per heavy atom. The highest BCUT2D eigenvalue weighted by Gasteiger charge is 2.05. The van der Waals surface area contributed by atoms with Gasteiger partial charge in [0.25, 0.3) is 0 Å². The fourth-order valence-electron chi connectivity index (χ4n) is 1.25. The van der Waals surface area contributed by atoms with Crippen molar-refractivity contribution in [3.05, 3.63) is 29.8 Å². The third-order valence-electron chi connectivity index (χ3n) is 1.92. The summed E-state index contributed by atoms with van der Waals surface area (Å²) in [5.74, 6) is 0.613. The Hall–Kier alpha value is -1.29. The van der Waals surface area contributed by atoms with Crippen molar-refractivity contribution < 1.29 is 23.8 Å². The van der Waals surface area contributed by atoms with E-state index in [2.05, 4.69) is 0 Å². The molecule has 0 spiro atoms. The zero-order valence-electron chi connectivity index (χ0n) is 9.58. The van der Waals surface area contributed by atoms with E-state index in [0.29, 0.717) is 5.75 Å². The number of allylic oxidation sites excluding steroid dienone is 1. The maximum Gasteiger partial charge on any atom is 0.161 e. The average molecular weight is 256 g/mol. The van der Waals surface area contributed by atoms with E-state index in [-0.39, 0.29) is 5.75 Å². The van der Waals surface area contributed by atoms with E-state index >= 15 is 0 Å². The first kappa shape index (κ1) is 13.8. The third-order valence-corrected chi connectivity index (χ3v) is 2.37. The van der Waals surface area contributed by atoms with Crippen LogP contribution in [-0.4, -0.2) is 13.5 Å². The lowest BCUT2D eigenvalue weighted by Gasteiger charge is -2.29. The summed E-state index contributed by atoms with van der Waals surface area (Å²) in [4.78, 5) is 20.9. The number of rotatable bonds is 5. The van der Waals surface area contributed by atoms with E-state index in [4.69, 9.17) is 9.47 Å². The maximum atomic E-state index is 10.5. The van der Waals surface area contributed by atoms with Crippen molar-refractivity contribution in [1.29, 1.82) is 0 Å². The summed E-state index contributed by atoms with van der Waals surface area (Å²) in [6.45, 7) is 1.88. The van der Waals surface area contributed by atoms with Crippen LogP contribution in [0.25, 0.3) is 6.08 Å². The summed E-state index contributed by atoms with van der Waals surface area (Å²) in [5.41, 5.74) is 0.893. The second-order valence-corrected chi connectivity index (χ2v) is 4.77. The molecule has 6 heteroatoms. The topological polar surface area (TPSA) is 81.7 Å². The lowest BCUT2D eigenvalue weighted by Crippen LogP contribution is -2.19. The predicted octanol–water partition coefficient (Wildman–Crippen LogP) is 0.978. The van der Waals surface area contributed by atoms with Gasteiger partial charge in [-0.2, -0.15) is 0 Å². The van der Waals surface area contributed by atoms with Crippen molar-refractivity contribution in [3.8, 4) is 11.5 Å². The Morgan fingerprint density at radius 3 is 2.59 bits per heavy atom. The molecule has 0 saturated carbocycles. The minimum absolute atomic E-state index is 0.229. The van der Waals surface area contributed by atoms with E-state index in [1.165, 1.54) is 7.11 Å². The second kappa shape index (κ2) is 5.87. The van der Waals surface area contributed by atoms with Gasteiger partial charge in [-0.3, -0.25) is 0 Å². The zero-order chi connectivity index (χ0) is 12.9. The van der Waals surface area contributed by atoms with Crippen LogP contribution in [0.3, 0.4) is 0 Å². The smallest absolute Gasteiger partial charge is 0.161 e. The molecule has 0 N–H and O–H groups in total. The minimum atomic E-state index is -4.68. The summed E-state index contributed by atoms with van der Waals surface area (Å²) in [7, 11) is -3.24. The maximum absolute atomic E-state index is 10.5. The van der Waals surface area contributed by atoms with Crippen LogP contribution in [0.4, 0.5) is 0 Å². The molecule has 0 heterocycles. The molecule has 0 atom stereocenters. The highest BCUT2D eigenvalue weighted by Crippen LogP contribution is 2.32. The molecule has 0 aliphatic heterocycles. The highest BCUT2D eigenvalue weighted by molar-refractivity contribution is 7.48. The first-order chi connectivity index (χ1) is 7.96. The number of methoxy groups -OCH3 is 1. The SMILES string of the molecule is C/C=C/c1ccc(OCP(=O)([O-])[O-])c(OC)c1. The van der Waals surface area contributed by atoms with Crippen LogP contribution in [-0.2, 0) is 4.57 Å². The number of hydrogen-bond donors (Lipinski definition) is 0. The number of ether oxygens (including phenoxy) is 2. The minimum Gasteiger partial charge on any atom is -0.808 e. The largest absolute Gasteiger partial charge is 0.808 e. The Kier molecular flexibility index (Phi) is 4.75. The molecule has 0 radical (unpaired) electrons. The highest BCUT2D eigenvalue weighted by atomic mass is 31.2. The average Bonchev–Trinajstić information content (AvgIpc) is 2.26. The van der Waals surface area contributed by atoms with Gasteiger partial charge >= 0.3 is 0 Å². The Labute approximate surface area is 99.8 Å². The van der Waals surface area contributed by atoms with E-state index < -0.39 is 13.9 Å². The summed E-state index contributed by atoms with van der Waals surface area (Å²) >= 11 is 0. The van der Waals surface area contributed by atoms with Crippen LogP contribution >= 0.6 is 7.60 Å². The van der Waals surface area contributed by atoms with Crippen LogP contribution in [0.1, 0.15) is 12.5 Å². The first-order valence-corrected chi connectivity index (χ1v) is 6.63. The van der Waals surface area contributed by atoms with Crippen molar-refractivity contribution in [2.75, 3.05) is 13.5 Å². The standard InChI is InChI=1S/C11H15O5P/c1-3-4-9-5-6-10(11(7-9)15-2)16-8-17(12,13)14/h3-7H,8H2,1-2H3,(H2,12,13,14)/p-2/b4-3+. The van der Waals surface area contributed by atoms with E-state index in [1.807, 2.05) is 19.1 Å². The Balaban J connectivity index is 2.89. The molecule has 1 rings (SSSR count). The lowest BCUT2D eigenvalue weighted by atomic mass is 10.2. The van der Waals surface area contributed by atoms with E-state index in [1.54, 1.807) is 18.2 Å². The predicted molar refractivity (Wildman–Crippen MR) is 60.8 cm³/mol. The van der Waals surface area contributed by atoms with Gasteiger partial charge in [0.05, 0.1) is 7.11 Å². The van der Waals surface area contributed by atoms with Gasteiger partial charge in [0, 0.05) is 0 Å². The molecular weight excluding hydrogens is 243 g/mol. The molecule has 0 aliphatic carbocycles. The van der Waals surface area contributed by atoms with Crippen molar-refractivity contribution in [1.82, 2.24) is 0 Å². The molecule has 0 unspecified atom stereocenters. The molecular formula is C11H13O5P-2. The fraction of sp³-hybridized carbons (Fsp3) is 0.273. The van der Waals surface area contributed by atoms with Crippen LogP contribution < -0.4 is 19.3 Å². The molecule has 17 heavy (non-hydrogen) atoms. The fourth-order valence-corrected chi connectivity index (χ4v) is 1.55. The third kappa shape index (κ3) is 4.61. The molecule has 0 amide bonds. The van der Waals surface area contributed by atoms with Gasteiger partial charge in [-0.05, 0) is 32.2 Å². The second-order valence-electron chi connectivity index (χ2n) is 3.29. The Bertz CT molecular complexity index is 449. The molecule has 1 aromatic carbocycles. The van der Waals surface area contributed by atoms with Gasteiger partial charge in [-0.1, -0.05) is 18.2 Å². The van der Waals surface area contributed by atoms with Gasteiger partial charge in [0.1, 0.15) is 6.35 Å². The van der Waals surface area contributed by atoms with E-state index in [9.17, 15) is 14.4 Å². The molecule has 5 nitrogen and oxygen atoms in total. The van der Waals surface area contributed by atoms with Crippen molar-refractivity contribution in [2.24, 2.45) is 0 Å². The molecule has 0 bridgehead atoms. The summed E-state index contributed by atoms with van der Waals surface area (Å²) in [5, 5.41) is 0. The summed E-state index contributed by atoms with van der Waals surface area (Å²) in [6.07, 6.45) is 2.84. The van der Waals surface area contributed by atoms with Crippen molar-refractivity contribution in [2.45, 2.75) is 6.92 Å². The lowest BCUT2D eigenvalue weighted by molar-refractivity contribution is -0.316.